The second-order valence-corrected chi connectivity index (χ2v) is 22.9. The van der Waals surface area contributed by atoms with Crippen LogP contribution in [0.3, 0.4) is 0 Å². The molecule has 0 aliphatic rings. The lowest BCUT2D eigenvalue weighted by atomic mass is 10.0. The van der Waals surface area contributed by atoms with Crippen LogP contribution in [0.25, 0.3) is 0 Å². The highest BCUT2D eigenvalue weighted by atomic mass is 31.2. The van der Waals surface area contributed by atoms with Gasteiger partial charge < -0.3 is 28.5 Å². The van der Waals surface area contributed by atoms with E-state index in [4.69, 9.17) is 13.8 Å². The molecule has 73 heavy (non-hydrogen) atoms. The van der Waals surface area contributed by atoms with E-state index >= 15 is 0 Å². The zero-order chi connectivity index (χ0) is 53.6. The molecule has 0 heterocycles. The predicted molar refractivity (Wildman–Crippen MR) is 312 cm³/mol. The Labute approximate surface area is 451 Å². The maximum absolute atomic E-state index is 13.5. The quantitative estimate of drug-likeness (QED) is 0.0212. The number of phosphoric ester groups is 1. The highest BCUT2D eigenvalue weighted by molar-refractivity contribution is 7.45. The van der Waals surface area contributed by atoms with E-state index in [1.54, 1.807) is 0 Å². The van der Waals surface area contributed by atoms with E-state index in [1.807, 2.05) is 33.3 Å². The van der Waals surface area contributed by atoms with Crippen molar-refractivity contribution in [2.45, 2.75) is 277 Å². The Morgan fingerprint density at radius 1 is 0.493 bits per heavy atom. The minimum absolute atomic E-state index is 0.0320. The second kappa shape index (κ2) is 52.9. The topological polar surface area (TPSA) is 114 Å². The molecule has 0 fully saturated rings. The number of hydrogen-bond donors (Lipinski definition) is 1. The Hall–Kier alpha value is -2.55. The van der Waals surface area contributed by atoms with Crippen LogP contribution in [-0.2, 0) is 27.9 Å². The predicted octanol–water partition coefficient (Wildman–Crippen LogP) is 17.8. The van der Waals surface area contributed by atoms with Gasteiger partial charge in [0.25, 0.3) is 7.82 Å². The summed E-state index contributed by atoms with van der Waals surface area (Å²) in [5.74, 6) is -0.604. The molecule has 0 aliphatic heterocycles. The van der Waals surface area contributed by atoms with Crippen molar-refractivity contribution in [1.82, 2.24) is 5.32 Å². The van der Waals surface area contributed by atoms with Crippen molar-refractivity contribution in [3.8, 4) is 0 Å². The second-order valence-electron chi connectivity index (χ2n) is 21.5. The number of unbranched alkanes of at least 4 members (excludes halogenated alkanes) is 28. The van der Waals surface area contributed by atoms with Crippen LogP contribution in [0.4, 0.5) is 0 Å². The van der Waals surface area contributed by atoms with Crippen molar-refractivity contribution in [3.63, 3.8) is 0 Å². The van der Waals surface area contributed by atoms with Gasteiger partial charge in [-0.3, -0.25) is 14.2 Å². The summed E-state index contributed by atoms with van der Waals surface area (Å²) in [6.07, 6.45) is 67.3. The molecule has 424 valence electrons. The summed E-state index contributed by atoms with van der Waals surface area (Å²) in [5.41, 5.74) is 0. The minimum Gasteiger partial charge on any atom is -0.756 e. The zero-order valence-electron chi connectivity index (χ0n) is 48.3. The van der Waals surface area contributed by atoms with Crippen LogP contribution in [0.1, 0.15) is 265 Å². The molecule has 10 heteroatoms. The van der Waals surface area contributed by atoms with Crippen molar-refractivity contribution in [3.05, 3.63) is 72.9 Å². The van der Waals surface area contributed by atoms with Crippen LogP contribution >= 0.6 is 7.82 Å². The standard InChI is InChI=1S/C63H115N2O7P/c1-7-10-13-16-19-22-25-28-30-32-34-37-40-43-46-49-52-55-62(66)64-60(59-71-73(68,69)70-58-57-65(4,5)6)61(54-51-48-45-42-39-36-27-24-21-18-15-12-9-3)72-63(67)56-53-50-47-44-41-38-35-33-31-29-26-23-20-17-14-11-8-2/h11,14,20,23,29,31,35,38,44,47,51,54,60-61H,7-10,12-13,15-19,21-22,24-28,30,32-34,36-37,39-43,45-46,48-50,52-53,55-59H2,1-6H3,(H-,64,66,68,69)/b14-11-,23-20-,31-29-,38-35-,47-44-,54-51+. The van der Waals surface area contributed by atoms with Gasteiger partial charge in [0.1, 0.15) is 19.3 Å². The Balaban J connectivity index is 5.40. The normalized spacial score (nSPS) is 14.2. The molecular formula is C63H115N2O7P. The number of nitrogens with zero attached hydrogens (tertiary/aromatic N) is 1. The molecule has 3 atom stereocenters. The third-order valence-electron chi connectivity index (χ3n) is 13.2. The summed E-state index contributed by atoms with van der Waals surface area (Å²) < 4.78 is 30.2. The molecule has 3 unspecified atom stereocenters. The Morgan fingerprint density at radius 2 is 0.890 bits per heavy atom. The Kier molecular flexibility index (Phi) is 51.0. The van der Waals surface area contributed by atoms with E-state index in [9.17, 15) is 19.0 Å². The van der Waals surface area contributed by atoms with Crippen molar-refractivity contribution in [1.29, 1.82) is 0 Å². The van der Waals surface area contributed by atoms with Crippen molar-refractivity contribution in [2.24, 2.45) is 0 Å². The number of ether oxygens (including phenoxy) is 1. The molecule has 0 spiro atoms. The molecule has 0 bridgehead atoms. The number of nitrogens with one attached hydrogen (secondary N) is 1. The van der Waals surface area contributed by atoms with Gasteiger partial charge in [-0.25, -0.2) is 0 Å². The summed E-state index contributed by atoms with van der Waals surface area (Å²) in [7, 11) is 1.16. The van der Waals surface area contributed by atoms with Crippen LogP contribution < -0.4 is 10.2 Å². The molecule has 0 saturated carbocycles. The minimum atomic E-state index is -4.71. The van der Waals surface area contributed by atoms with Crippen LogP contribution in [0.5, 0.6) is 0 Å². The summed E-state index contributed by atoms with van der Waals surface area (Å²) in [5, 5.41) is 3.01. The largest absolute Gasteiger partial charge is 0.756 e. The van der Waals surface area contributed by atoms with Gasteiger partial charge in [-0.05, 0) is 70.3 Å². The summed E-state index contributed by atoms with van der Waals surface area (Å²) in [4.78, 5) is 39.9. The highest BCUT2D eigenvalue weighted by Gasteiger charge is 2.27. The van der Waals surface area contributed by atoms with Crippen LogP contribution in [0, 0.1) is 0 Å². The Morgan fingerprint density at radius 3 is 1.33 bits per heavy atom. The fraction of sp³-hybridized carbons (Fsp3) is 0.778. The van der Waals surface area contributed by atoms with Gasteiger partial charge in [0.2, 0.25) is 5.91 Å². The number of allylic oxidation sites excluding steroid dienone is 11. The molecule has 0 rings (SSSR count). The first-order chi connectivity index (χ1) is 35.4. The number of likely N-dealkylation sites (N-methyl/N-ethyl adjacent to an activating group) is 1. The lowest BCUT2D eigenvalue weighted by Gasteiger charge is -2.30. The van der Waals surface area contributed by atoms with E-state index in [0.717, 1.165) is 77.0 Å². The zero-order valence-corrected chi connectivity index (χ0v) is 49.2. The summed E-state index contributed by atoms with van der Waals surface area (Å²) in [6, 6.07) is -0.911. The van der Waals surface area contributed by atoms with Gasteiger partial charge >= 0.3 is 5.97 Å². The van der Waals surface area contributed by atoms with Gasteiger partial charge in [-0.15, -0.1) is 0 Å². The third-order valence-corrected chi connectivity index (χ3v) is 14.1. The number of rotatable bonds is 54. The fourth-order valence-electron chi connectivity index (χ4n) is 8.50. The molecule has 0 aromatic heterocycles. The number of esters is 1. The van der Waals surface area contributed by atoms with Crippen molar-refractivity contribution >= 4 is 19.7 Å². The number of carbonyl (C=O) groups is 2. The van der Waals surface area contributed by atoms with E-state index in [2.05, 4.69) is 86.8 Å². The van der Waals surface area contributed by atoms with Crippen LogP contribution in [0.2, 0.25) is 0 Å². The van der Waals surface area contributed by atoms with E-state index < -0.39 is 32.5 Å². The third kappa shape index (κ3) is 54.1. The summed E-state index contributed by atoms with van der Waals surface area (Å²) >= 11 is 0. The lowest BCUT2D eigenvalue weighted by molar-refractivity contribution is -0.870. The smallest absolute Gasteiger partial charge is 0.306 e. The van der Waals surface area contributed by atoms with E-state index in [0.29, 0.717) is 23.9 Å². The number of amides is 1. The molecule has 0 aromatic carbocycles. The SMILES string of the molecule is CC/C=C\C/C=C\C/C=C\C/C=C\C/C=C\CCCC(=O)OC(/C=C/CCCCCCCCCCCCC)C(COP(=O)([O-])OCC[N+](C)(C)C)NC(=O)CCCCCCCCCCCCCCCCCCC. The number of phosphoric acid groups is 1. The number of quaternary nitrogens is 1. The molecule has 9 nitrogen and oxygen atoms in total. The molecule has 0 radical (unpaired) electrons. The van der Waals surface area contributed by atoms with Gasteiger partial charge in [-0.2, -0.15) is 0 Å². The van der Waals surface area contributed by atoms with E-state index in [1.165, 1.54) is 148 Å². The monoisotopic (exact) mass is 1040 g/mol. The van der Waals surface area contributed by atoms with Crippen LogP contribution in [0.15, 0.2) is 72.9 Å². The van der Waals surface area contributed by atoms with Gasteiger partial charge in [0, 0.05) is 12.8 Å². The lowest BCUT2D eigenvalue weighted by Crippen LogP contribution is -2.47. The molecule has 1 N–H and O–H groups in total. The first-order valence-electron chi connectivity index (χ1n) is 30.2. The average Bonchev–Trinajstić information content (AvgIpc) is 3.35. The number of hydrogen-bond acceptors (Lipinski definition) is 7. The molecule has 0 aliphatic carbocycles. The molecule has 0 aromatic rings. The summed E-state index contributed by atoms with van der Waals surface area (Å²) in [6.45, 7) is 6.71. The van der Waals surface area contributed by atoms with E-state index in [-0.39, 0.29) is 18.9 Å². The van der Waals surface area contributed by atoms with Crippen molar-refractivity contribution in [2.75, 3.05) is 40.9 Å². The highest BCUT2D eigenvalue weighted by Crippen LogP contribution is 2.38. The van der Waals surface area contributed by atoms with Gasteiger partial charge in [-0.1, -0.05) is 255 Å². The average molecular weight is 1040 g/mol. The Bertz CT molecular complexity index is 1480. The van der Waals surface area contributed by atoms with Gasteiger partial charge in [0.15, 0.2) is 0 Å². The number of carbonyl (C=O) groups excluding carboxylic acids is 2. The first kappa shape index (κ1) is 70.5. The maximum atomic E-state index is 13.5. The van der Waals surface area contributed by atoms with Gasteiger partial charge in [0.05, 0.1) is 33.8 Å². The molecular weight excluding hydrogens is 928 g/mol. The fourth-order valence-corrected chi connectivity index (χ4v) is 9.22. The van der Waals surface area contributed by atoms with Crippen molar-refractivity contribution < 1.29 is 37.3 Å². The molecule has 0 saturated heterocycles. The first-order valence-corrected chi connectivity index (χ1v) is 31.7. The van der Waals surface area contributed by atoms with Crippen LogP contribution in [-0.4, -0.2) is 69.4 Å². The maximum Gasteiger partial charge on any atom is 0.306 e. The molecule has 1 amide bonds.